The molecule has 0 spiro atoms. The van der Waals surface area contributed by atoms with Gasteiger partial charge in [0.15, 0.2) is 0 Å². The van der Waals surface area contributed by atoms with Gasteiger partial charge in [0, 0.05) is 42.5 Å². The average Bonchev–Trinajstić information content (AvgIpc) is 3.44. The van der Waals surface area contributed by atoms with Crippen molar-refractivity contribution in [2.24, 2.45) is 0 Å². The fourth-order valence-electron chi connectivity index (χ4n) is 3.55. The van der Waals surface area contributed by atoms with Gasteiger partial charge >= 0.3 is 0 Å². The third-order valence-electron chi connectivity index (χ3n) is 5.60. The fourth-order valence-corrected chi connectivity index (χ4v) is 3.55. The highest BCUT2D eigenvalue weighted by Crippen LogP contribution is 2.19. The van der Waals surface area contributed by atoms with E-state index in [1.165, 1.54) is 0 Å². The van der Waals surface area contributed by atoms with E-state index in [0.29, 0.717) is 23.7 Å². The second-order valence-electron chi connectivity index (χ2n) is 8.15. The van der Waals surface area contributed by atoms with E-state index in [1.54, 1.807) is 24.3 Å². The Morgan fingerprint density at radius 3 is 2.16 bits per heavy atom. The van der Waals surface area contributed by atoms with Crippen LogP contribution in [-0.4, -0.2) is 48.3 Å². The first-order chi connectivity index (χ1) is 15.1. The van der Waals surface area contributed by atoms with Crippen LogP contribution >= 0.6 is 0 Å². The molecule has 1 aliphatic heterocycles. The van der Waals surface area contributed by atoms with Crippen LogP contribution in [0.3, 0.4) is 0 Å². The SMILES string of the molecule is O=C(CNc1ccc(C(=O)NC2CC2)cc1)NCc1ccc(C(=O)N2CCCC2)cc1. The van der Waals surface area contributed by atoms with E-state index in [2.05, 4.69) is 16.0 Å². The second-order valence-corrected chi connectivity index (χ2v) is 8.15. The molecular weight excluding hydrogens is 392 g/mol. The maximum absolute atomic E-state index is 12.4. The number of rotatable bonds is 8. The number of amides is 3. The number of hydrogen-bond donors (Lipinski definition) is 3. The van der Waals surface area contributed by atoms with Gasteiger partial charge < -0.3 is 20.9 Å². The number of benzene rings is 2. The number of carbonyl (C=O) groups is 3. The molecule has 162 valence electrons. The third kappa shape index (κ3) is 5.84. The average molecular weight is 421 g/mol. The maximum atomic E-state index is 12.4. The first kappa shape index (κ1) is 20.9. The van der Waals surface area contributed by atoms with Crippen LogP contribution in [0.25, 0.3) is 0 Å². The van der Waals surface area contributed by atoms with E-state index in [4.69, 9.17) is 0 Å². The van der Waals surface area contributed by atoms with Crippen molar-refractivity contribution in [3.05, 3.63) is 65.2 Å². The lowest BCUT2D eigenvalue weighted by atomic mass is 10.1. The maximum Gasteiger partial charge on any atom is 0.253 e. The van der Waals surface area contributed by atoms with Crippen LogP contribution in [0.1, 0.15) is 52.0 Å². The monoisotopic (exact) mass is 420 g/mol. The highest BCUT2D eigenvalue weighted by Gasteiger charge is 2.23. The summed E-state index contributed by atoms with van der Waals surface area (Å²) in [5.41, 5.74) is 3.03. The highest BCUT2D eigenvalue weighted by molar-refractivity contribution is 5.95. The normalized spacial score (nSPS) is 15.4. The zero-order valence-electron chi connectivity index (χ0n) is 17.5. The standard InChI is InChI=1S/C24H28N4O3/c29-22(16-25-20-9-7-18(8-10-20)23(30)27-21-11-12-21)26-15-17-3-5-19(6-4-17)24(31)28-13-1-2-14-28/h3-10,21,25H,1-2,11-16H2,(H,26,29)(H,27,30). The summed E-state index contributed by atoms with van der Waals surface area (Å²) in [7, 11) is 0. The number of likely N-dealkylation sites (tertiary alicyclic amines) is 1. The van der Waals surface area contributed by atoms with Crippen LogP contribution < -0.4 is 16.0 Å². The van der Waals surface area contributed by atoms with Crippen LogP contribution in [0.2, 0.25) is 0 Å². The zero-order chi connectivity index (χ0) is 21.6. The minimum atomic E-state index is -0.132. The van der Waals surface area contributed by atoms with Crippen molar-refractivity contribution in [2.45, 2.75) is 38.3 Å². The Hall–Kier alpha value is -3.35. The van der Waals surface area contributed by atoms with Crippen LogP contribution in [0.5, 0.6) is 0 Å². The first-order valence-corrected chi connectivity index (χ1v) is 10.9. The predicted octanol–water partition coefficient (Wildman–Crippen LogP) is 2.54. The van der Waals surface area contributed by atoms with Crippen LogP contribution in [0.15, 0.2) is 48.5 Å². The number of carbonyl (C=O) groups excluding carboxylic acids is 3. The minimum Gasteiger partial charge on any atom is -0.376 e. The quantitative estimate of drug-likeness (QED) is 0.612. The summed E-state index contributed by atoms with van der Waals surface area (Å²) < 4.78 is 0. The Labute approximate surface area is 182 Å². The molecule has 4 rings (SSSR count). The van der Waals surface area contributed by atoms with Gasteiger partial charge in [0.1, 0.15) is 0 Å². The Bertz CT molecular complexity index is 930. The van der Waals surface area contributed by atoms with Gasteiger partial charge in [0.25, 0.3) is 11.8 Å². The molecule has 1 heterocycles. The van der Waals surface area contributed by atoms with Gasteiger partial charge in [-0.3, -0.25) is 14.4 Å². The molecule has 3 N–H and O–H groups in total. The molecule has 2 aromatic carbocycles. The van der Waals surface area contributed by atoms with E-state index in [1.807, 2.05) is 29.2 Å². The molecule has 2 fully saturated rings. The second kappa shape index (κ2) is 9.64. The molecule has 2 aliphatic rings. The third-order valence-corrected chi connectivity index (χ3v) is 5.60. The smallest absolute Gasteiger partial charge is 0.253 e. The Morgan fingerprint density at radius 1 is 0.871 bits per heavy atom. The van der Waals surface area contributed by atoms with Gasteiger partial charge in [-0.2, -0.15) is 0 Å². The van der Waals surface area contributed by atoms with Gasteiger partial charge in [0.2, 0.25) is 5.91 Å². The van der Waals surface area contributed by atoms with Crippen molar-refractivity contribution >= 4 is 23.4 Å². The van der Waals surface area contributed by atoms with Gasteiger partial charge in [-0.05, 0) is 67.6 Å². The van der Waals surface area contributed by atoms with E-state index < -0.39 is 0 Å². The van der Waals surface area contributed by atoms with Gasteiger partial charge in [-0.1, -0.05) is 12.1 Å². The van der Waals surface area contributed by atoms with E-state index in [9.17, 15) is 14.4 Å². The lowest BCUT2D eigenvalue weighted by Gasteiger charge is -2.15. The summed E-state index contributed by atoms with van der Waals surface area (Å²) in [6, 6.07) is 14.8. The first-order valence-electron chi connectivity index (χ1n) is 10.9. The molecule has 3 amide bonds. The lowest BCUT2D eigenvalue weighted by molar-refractivity contribution is -0.119. The summed E-state index contributed by atoms with van der Waals surface area (Å²) in [4.78, 5) is 38.4. The van der Waals surface area contributed by atoms with Crippen molar-refractivity contribution in [1.82, 2.24) is 15.5 Å². The zero-order valence-corrected chi connectivity index (χ0v) is 17.5. The molecule has 1 aliphatic carbocycles. The highest BCUT2D eigenvalue weighted by atomic mass is 16.2. The minimum absolute atomic E-state index is 0.0556. The van der Waals surface area contributed by atoms with Gasteiger partial charge in [0.05, 0.1) is 6.54 Å². The van der Waals surface area contributed by atoms with Crippen molar-refractivity contribution < 1.29 is 14.4 Å². The van der Waals surface area contributed by atoms with E-state index in [-0.39, 0.29) is 24.3 Å². The van der Waals surface area contributed by atoms with Crippen molar-refractivity contribution in [1.29, 1.82) is 0 Å². The lowest BCUT2D eigenvalue weighted by Crippen LogP contribution is -2.29. The van der Waals surface area contributed by atoms with Crippen molar-refractivity contribution in [3.8, 4) is 0 Å². The number of hydrogen-bond acceptors (Lipinski definition) is 4. The van der Waals surface area contributed by atoms with Crippen LogP contribution in [0.4, 0.5) is 5.69 Å². The van der Waals surface area contributed by atoms with Crippen LogP contribution in [0, 0.1) is 0 Å². The Kier molecular flexibility index (Phi) is 6.50. The molecule has 0 aromatic heterocycles. The molecule has 0 atom stereocenters. The summed E-state index contributed by atoms with van der Waals surface area (Å²) in [5, 5.41) is 8.88. The molecule has 0 radical (unpaired) electrons. The molecular formula is C24H28N4O3. The fraction of sp³-hybridized carbons (Fsp3) is 0.375. The molecule has 1 saturated carbocycles. The molecule has 0 bridgehead atoms. The number of nitrogens with zero attached hydrogens (tertiary/aromatic N) is 1. The summed E-state index contributed by atoms with van der Waals surface area (Å²) >= 11 is 0. The van der Waals surface area contributed by atoms with Gasteiger partial charge in [-0.25, -0.2) is 0 Å². The van der Waals surface area contributed by atoms with Gasteiger partial charge in [-0.15, -0.1) is 0 Å². The molecule has 7 nitrogen and oxygen atoms in total. The molecule has 7 heteroatoms. The van der Waals surface area contributed by atoms with E-state index in [0.717, 1.165) is 50.0 Å². The number of anilines is 1. The largest absolute Gasteiger partial charge is 0.376 e. The molecule has 2 aromatic rings. The Balaban J connectivity index is 1.19. The van der Waals surface area contributed by atoms with E-state index >= 15 is 0 Å². The Morgan fingerprint density at radius 2 is 1.52 bits per heavy atom. The predicted molar refractivity (Wildman–Crippen MR) is 119 cm³/mol. The molecule has 1 saturated heterocycles. The topological polar surface area (TPSA) is 90.5 Å². The summed E-state index contributed by atoms with van der Waals surface area (Å²) in [5.74, 6) is -0.110. The van der Waals surface area contributed by atoms with Crippen LogP contribution in [-0.2, 0) is 11.3 Å². The molecule has 31 heavy (non-hydrogen) atoms. The van der Waals surface area contributed by atoms with Crippen molar-refractivity contribution in [3.63, 3.8) is 0 Å². The summed E-state index contributed by atoms with van der Waals surface area (Å²) in [6.45, 7) is 2.21. The number of nitrogens with one attached hydrogen (secondary N) is 3. The van der Waals surface area contributed by atoms with Crippen molar-refractivity contribution in [2.75, 3.05) is 25.0 Å². The molecule has 0 unspecified atom stereocenters. The summed E-state index contributed by atoms with van der Waals surface area (Å²) in [6.07, 6.45) is 4.26.